The molecular weight excluding hydrogens is 422 g/mol. The largest absolute Gasteiger partial charge is 0.497 e. The number of nitrogens with zero attached hydrogens (tertiary/aromatic N) is 3. The summed E-state index contributed by atoms with van der Waals surface area (Å²) >= 11 is 1.36. The second-order valence-electron chi connectivity index (χ2n) is 7.12. The lowest BCUT2D eigenvalue weighted by molar-refractivity contribution is 0.102. The van der Waals surface area contributed by atoms with Crippen molar-refractivity contribution in [3.8, 4) is 28.6 Å². The molecule has 0 saturated carbocycles. The highest BCUT2D eigenvalue weighted by molar-refractivity contribution is 7.99. The minimum Gasteiger partial charge on any atom is -0.497 e. The number of rotatable bonds is 8. The summed E-state index contributed by atoms with van der Waals surface area (Å²) in [4.78, 5) is 12.7. The van der Waals surface area contributed by atoms with Crippen molar-refractivity contribution in [2.75, 3.05) is 20.0 Å². The van der Waals surface area contributed by atoms with Crippen molar-refractivity contribution in [1.82, 2.24) is 14.8 Å². The fourth-order valence-corrected chi connectivity index (χ4v) is 4.13. The Morgan fingerprint density at radius 1 is 0.906 bits per heavy atom. The van der Waals surface area contributed by atoms with Crippen LogP contribution in [0.1, 0.15) is 15.9 Å². The van der Waals surface area contributed by atoms with Crippen LogP contribution in [0.3, 0.4) is 0 Å². The minimum atomic E-state index is 0.00921. The zero-order valence-corrected chi connectivity index (χ0v) is 18.9. The number of carbonyl (C=O) groups is 1. The molecule has 7 heteroatoms. The number of ether oxygens (including phenoxy) is 2. The minimum absolute atomic E-state index is 0.00921. The van der Waals surface area contributed by atoms with E-state index in [-0.39, 0.29) is 11.5 Å². The molecule has 0 spiro atoms. The zero-order chi connectivity index (χ0) is 22.5. The molecule has 0 aliphatic heterocycles. The highest BCUT2D eigenvalue weighted by Crippen LogP contribution is 2.33. The van der Waals surface area contributed by atoms with Gasteiger partial charge < -0.3 is 9.47 Å². The Labute approximate surface area is 191 Å². The van der Waals surface area contributed by atoms with Crippen LogP contribution >= 0.6 is 11.8 Å². The predicted molar refractivity (Wildman–Crippen MR) is 126 cm³/mol. The van der Waals surface area contributed by atoms with Crippen molar-refractivity contribution in [2.24, 2.45) is 0 Å². The van der Waals surface area contributed by atoms with Gasteiger partial charge in [-0.15, -0.1) is 10.2 Å². The molecule has 0 N–H and O–H groups in total. The van der Waals surface area contributed by atoms with Crippen LogP contribution in [-0.2, 0) is 0 Å². The molecule has 3 aromatic carbocycles. The third kappa shape index (κ3) is 4.53. The molecular formula is C25H23N3O3S. The number of para-hydroxylation sites is 1. The van der Waals surface area contributed by atoms with Gasteiger partial charge in [0.25, 0.3) is 0 Å². The maximum atomic E-state index is 12.7. The first-order chi connectivity index (χ1) is 15.6. The van der Waals surface area contributed by atoms with Gasteiger partial charge in [0.1, 0.15) is 11.5 Å². The molecule has 0 aliphatic rings. The summed E-state index contributed by atoms with van der Waals surface area (Å²) in [5, 5.41) is 9.50. The zero-order valence-electron chi connectivity index (χ0n) is 18.1. The summed E-state index contributed by atoms with van der Waals surface area (Å²) in [5.74, 6) is 2.33. The fourth-order valence-electron chi connectivity index (χ4n) is 3.28. The van der Waals surface area contributed by atoms with E-state index in [1.165, 1.54) is 11.8 Å². The van der Waals surface area contributed by atoms with E-state index in [0.717, 1.165) is 22.6 Å². The molecule has 0 unspecified atom stereocenters. The SMILES string of the molecule is COc1ccc(C(=O)CSc2nnc(-c3ccccc3OC)n2-c2ccc(C)cc2)cc1. The lowest BCUT2D eigenvalue weighted by atomic mass is 10.1. The average molecular weight is 446 g/mol. The smallest absolute Gasteiger partial charge is 0.196 e. The average Bonchev–Trinajstić information content (AvgIpc) is 3.26. The van der Waals surface area contributed by atoms with Gasteiger partial charge in [0, 0.05) is 11.3 Å². The molecule has 32 heavy (non-hydrogen) atoms. The number of thioether (sulfide) groups is 1. The Bertz CT molecular complexity index is 1220. The number of benzene rings is 3. The second-order valence-corrected chi connectivity index (χ2v) is 8.06. The van der Waals surface area contributed by atoms with E-state index in [4.69, 9.17) is 9.47 Å². The van der Waals surface area contributed by atoms with E-state index in [1.807, 2.05) is 60.0 Å². The number of hydrogen-bond donors (Lipinski definition) is 0. The van der Waals surface area contributed by atoms with Gasteiger partial charge in [0.2, 0.25) is 0 Å². The highest BCUT2D eigenvalue weighted by atomic mass is 32.2. The van der Waals surface area contributed by atoms with Crippen LogP contribution in [-0.4, -0.2) is 40.5 Å². The quantitative estimate of drug-likeness (QED) is 0.273. The van der Waals surface area contributed by atoms with Gasteiger partial charge in [-0.3, -0.25) is 9.36 Å². The van der Waals surface area contributed by atoms with E-state index in [2.05, 4.69) is 10.2 Å². The lowest BCUT2D eigenvalue weighted by Crippen LogP contribution is -2.05. The Morgan fingerprint density at radius 3 is 2.31 bits per heavy atom. The number of carbonyl (C=O) groups excluding carboxylic acids is 1. The maximum Gasteiger partial charge on any atom is 0.196 e. The number of Topliss-reactive ketones (excluding diaryl/α,β-unsaturated/α-hetero) is 1. The topological polar surface area (TPSA) is 66.2 Å². The summed E-state index contributed by atoms with van der Waals surface area (Å²) in [6.07, 6.45) is 0. The van der Waals surface area contributed by atoms with Crippen molar-refractivity contribution < 1.29 is 14.3 Å². The fraction of sp³-hybridized carbons (Fsp3) is 0.160. The lowest BCUT2D eigenvalue weighted by Gasteiger charge is -2.12. The van der Waals surface area contributed by atoms with Crippen molar-refractivity contribution in [1.29, 1.82) is 0 Å². The first-order valence-corrected chi connectivity index (χ1v) is 11.0. The molecule has 6 nitrogen and oxygen atoms in total. The normalized spacial score (nSPS) is 10.7. The molecule has 162 valence electrons. The molecule has 0 bridgehead atoms. The molecule has 0 atom stereocenters. The molecule has 1 aromatic heterocycles. The van der Waals surface area contributed by atoms with E-state index < -0.39 is 0 Å². The summed E-state index contributed by atoms with van der Waals surface area (Å²) in [5.41, 5.74) is 3.53. The molecule has 1 heterocycles. The van der Waals surface area contributed by atoms with E-state index in [9.17, 15) is 4.79 Å². The van der Waals surface area contributed by atoms with Gasteiger partial charge in [0.05, 0.1) is 25.5 Å². The van der Waals surface area contributed by atoms with E-state index in [1.54, 1.807) is 38.5 Å². The first-order valence-electron chi connectivity index (χ1n) is 10.1. The molecule has 0 saturated heterocycles. The first kappa shape index (κ1) is 21.6. The molecule has 0 aliphatic carbocycles. The van der Waals surface area contributed by atoms with Gasteiger partial charge >= 0.3 is 0 Å². The van der Waals surface area contributed by atoms with Crippen LogP contribution in [0.25, 0.3) is 17.1 Å². The molecule has 4 rings (SSSR count). The van der Waals surface area contributed by atoms with Crippen LogP contribution in [0.4, 0.5) is 0 Å². The predicted octanol–water partition coefficient (Wildman–Crippen LogP) is 5.23. The van der Waals surface area contributed by atoms with Crippen LogP contribution in [0.5, 0.6) is 11.5 Å². The summed E-state index contributed by atoms with van der Waals surface area (Å²) < 4.78 is 12.7. The second kappa shape index (κ2) is 9.70. The van der Waals surface area contributed by atoms with Crippen molar-refractivity contribution in [3.05, 3.63) is 83.9 Å². The van der Waals surface area contributed by atoms with Crippen LogP contribution in [0, 0.1) is 6.92 Å². The van der Waals surface area contributed by atoms with Crippen molar-refractivity contribution >= 4 is 17.5 Å². The van der Waals surface area contributed by atoms with Crippen molar-refractivity contribution in [2.45, 2.75) is 12.1 Å². The van der Waals surface area contributed by atoms with Gasteiger partial charge in [-0.05, 0) is 55.5 Å². The van der Waals surface area contributed by atoms with Crippen LogP contribution in [0.2, 0.25) is 0 Å². The molecule has 0 radical (unpaired) electrons. The highest BCUT2D eigenvalue weighted by Gasteiger charge is 2.20. The van der Waals surface area contributed by atoms with Gasteiger partial charge in [-0.25, -0.2) is 0 Å². The van der Waals surface area contributed by atoms with Crippen LogP contribution in [0.15, 0.2) is 78.0 Å². The Morgan fingerprint density at radius 2 is 1.62 bits per heavy atom. The number of methoxy groups -OCH3 is 2. The van der Waals surface area contributed by atoms with E-state index in [0.29, 0.717) is 22.3 Å². The summed E-state index contributed by atoms with van der Waals surface area (Å²) in [7, 11) is 3.23. The van der Waals surface area contributed by atoms with E-state index >= 15 is 0 Å². The number of aromatic nitrogens is 3. The van der Waals surface area contributed by atoms with Gasteiger partial charge in [-0.2, -0.15) is 0 Å². The Kier molecular flexibility index (Phi) is 6.56. The molecule has 0 fully saturated rings. The standard InChI is InChI=1S/C25H23N3O3S/c1-17-8-12-19(13-9-17)28-24(21-6-4-5-7-23(21)31-3)26-27-25(28)32-16-22(29)18-10-14-20(30-2)15-11-18/h4-15H,16H2,1-3H3. The maximum absolute atomic E-state index is 12.7. The summed E-state index contributed by atoms with van der Waals surface area (Å²) in [6.45, 7) is 2.04. The number of aryl methyl sites for hydroxylation is 1. The number of hydrogen-bond acceptors (Lipinski definition) is 6. The molecule has 4 aromatic rings. The number of ketones is 1. The Hall–Kier alpha value is -3.58. The van der Waals surface area contributed by atoms with Crippen LogP contribution < -0.4 is 9.47 Å². The third-order valence-corrected chi connectivity index (χ3v) is 5.95. The molecule has 0 amide bonds. The Balaban J connectivity index is 1.68. The third-order valence-electron chi connectivity index (χ3n) is 5.02. The van der Waals surface area contributed by atoms with Gasteiger partial charge in [-0.1, -0.05) is 41.6 Å². The van der Waals surface area contributed by atoms with Crippen molar-refractivity contribution in [3.63, 3.8) is 0 Å². The summed E-state index contributed by atoms with van der Waals surface area (Å²) in [6, 6.07) is 22.9. The van der Waals surface area contributed by atoms with Gasteiger partial charge in [0.15, 0.2) is 16.8 Å². The monoisotopic (exact) mass is 445 g/mol.